The smallest absolute Gasteiger partial charge is 0.241 e. The van der Waals surface area contributed by atoms with Gasteiger partial charge >= 0.3 is 0 Å². The SMILES string of the molecule is N#CC(C(=O)NCCc1ncn[nH]1)c1ccccc1. The number of nitrogens with one attached hydrogen (secondary N) is 2. The van der Waals surface area contributed by atoms with Gasteiger partial charge in [-0.3, -0.25) is 9.89 Å². The van der Waals surface area contributed by atoms with Gasteiger partial charge in [-0.2, -0.15) is 10.4 Å². The average molecular weight is 255 g/mol. The third-order valence-electron chi connectivity index (χ3n) is 2.65. The van der Waals surface area contributed by atoms with Gasteiger partial charge in [-0.1, -0.05) is 30.3 Å². The lowest BCUT2D eigenvalue weighted by Crippen LogP contribution is -2.30. The van der Waals surface area contributed by atoms with Crippen LogP contribution in [-0.2, 0) is 11.2 Å². The fourth-order valence-corrected chi connectivity index (χ4v) is 1.69. The van der Waals surface area contributed by atoms with Crippen molar-refractivity contribution in [3.05, 3.63) is 48.0 Å². The van der Waals surface area contributed by atoms with E-state index >= 15 is 0 Å². The summed E-state index contributed by atoms with van der Waals surface area (Å²) in [6.45, 7) is 0.416. The van der Waals surface area contributed by atoms with Gasteiger partial charge in [0.1, 0.15) is 18.1 Å². The fourth-order valence-electron chi connectivity index (χ4n) is 1.69. The van der Waals surface area contributed by atoms with Gasteiger partial charge in [-0.05, 0) is 5.56 Å². The molecule has 0 bridgehead atoms. The average Bonchev–Trinajstić information content (AvgIpc) is 2.94. The Morgan fingerprint density at radius 3 is 2.84 bits per heavy atom. The second-order valence-electron chi connectivity index (χ2n) is 3.95. The molecule has 0 aliphatic rings. The molecule has 0 fully saturated rings. The molecule has 6 heteroatoms. The Hall–Kier alpha value is -2.68. The van der Waals surface area contributed by atoms with Gasteiger partial charge in [0.05, 0.1) is 6.07 Å². The number of hydrogen-bond donors (Lipinski definition) is 2. The topological polar surface area (TPSA) is 94.5 Å². The van der Waals surface area contributed by atoms with Crippen molar-refractivity contribution in [3.63, 3.8) is 0 Å². The summed E-state index contributed by atoms with van der Waals surface area (Å²) >= 11 is 0. The van der Waals surface area contributed by atoms with Crippen molar-refractivity contribution < 1.29 is 4.79 Å². The summed E-state index contributed by atoms with van der Waals surface area (Å²) in [4.78, 5) is 15.9. The van der Waals surface area contributed by atoms with Gasteiger partial charge in [-0.15, -0.1) is 0 Å². The molecule has 0 radical (unpaired) electrons. The van der Waals surface area contributed by atoms with Crippen LogP contribution in [0.25, 0.3) is 0 Å². The highest BCUT2D eigenvalue weighted by molar-refractivity contribution is 5.86. The largest absolute Gasteiger partial charge is 0.354 e. The normalized spacial score (nSPS) is 11.5. The zero-order chi connectivity index (χ0) is 13.5. The van der Waals surface area contributed by atoms with Crippen LogP contribution in [0.15, 0.2) is 36.7 Å². The van der Waals surface area contributed by atoms with E-state index in [1.165, 1.54) is 6.33 Å². The molecule has 1 atom stereocenters. The van der Waals surface area contributed by atoms with E-state index in [2.05, 4.69) is 20.5 Å². The molecule has 19 heavy (non-hydrogen) atoms. The van der Waals surface area contributed by atoms with Gasteiger partial charge in [0.2, 0.25) is 5.91 Å². The van der Waals surface area contributed by atoms with Crippen LogP contribution < -0.4 is 5.32 Å². The Labute approximate surface area is 110 Å². The van der Waals surface area contributed by atoms with E-state index in [9.17, 15) is 4.79 Å². The predicted octanol–water partition coefficient (Wildman–Crippen LogP) is 0.771. The first-order valence-corrected chi connectivity index (χ1v) is 5.88. The number of hydrogen-bond acceptors (Lipinski definition) is 4. The third-order valence-corrected chi connectivity index (χ3v) is 2.65. The summed E-state index contributed by atoms with van der Waals surface area (Å²) in [5.74, 6) is -0.377. The van der Waals surface area contributed by atoms with Crippen molar-refractivity contribution in [3.8, 4) is 6.07 Å². The maximum atomic E-state index is 11.9. The zero-order valence-electron chi connectivity index (χ0n) is 10.2. The maximum Gasteiger partial charge on any atom is 0.241 e. The molecule has 1 aromatic carbocycles. The summed E-state index contributed by atoms with van der Waals surface area (Å²) < 4.78 is 0. The number of benzene rings is 1. The lowest BCUT2D eigenvalue weighted by atomic mass is 10.00. The first-order valence-electron chi connectivity index (χ1n) is 5.88. The molecule has 0 saturated heterocycles. The molecule has 6 nitrogen and oxygen atoms in total. The van der Waals surface area contributed by atoms with Gasteiger partial charge < -0.3 is 5.32 Å². The molecule has 2 rings (SSSR count). The Morgan fingerprint density at radius 1 is 1.42 bits per heavy atom. The van der Waals surface area contributed by atoms with Crippen molar-refractivity contribution >= 4 is 5.91 Å². The minimum absolute atomic E-state index is 0.298. The fraction of sp³-hybridized carbons (Fsp3) is 0.231. The number of aromatic nitrogens is 3. The first kappa shape index (κ1) is 12.8. The van der Waals surface area contributed by atoms with Gasteiger partial charge in [0.15, 0.2) is 0 Å². The molecular weight excluding hydrogens is 242 g/mol. The molecule has 0 aliphatic heterocycles. The summed E-state index contributed by atoms with van der Waals surface area (Å²) in [7, 11) is 0. The number of carbonyl (C=O) groups is 1. The summed E-state index contributed by atoms with van der Waals surface area (Å²) in [5.41, 5.74) is 0.696. The molecule has 0 aliphatic carbocycles. The standard InChI is InChI=1S/C13H13N5O/c14-8-11(10-4-2-1-3-5-10)13(19)15-7-6-12-16-9-17-18-12/h1-5,9,11H,6-7H2,(H,15,19)(H,16,17,18). The van der Waals surface area contributed by atoms with Crippen LogP contribution in [-0.4, -0.2) is 27.6 Å². The van der Waals surface area contributed by atoms with Crippen LogP contribution in [0.3, 0.4) is 0 Å². The number of rotatable bonds is 5. The van der Waals surface area contributed by atoms with Crippen LogP contribution in [0.2, 0.25) is 0 Å². The summed E-state index contributed by atoms with van der Waals surface area (Å²) in [6.07, 6.45) is 1.97. The lowest BCUT2D eigenvalue weighted by Gasteiger charge is -2.09. The molecule has 2 aromatic rings. The van der Waals surface area contributed by atoms with E-state index in [0.29, 0.717) is 24.4 Å². The number of H-pyrrole nitrogens is 1. The molecule has 1 heterocycles. The Balaban J connectivity index is 1.89. The van der Waals surface area contributed by atoms with Crippen LogP contribution in [0.5, 0.6) is 0 Å². The van der Waals surface area contributed by atoms with Crippen LogP contribution in [0.1, 0.15) is 17.3 Å². The van der Waals surface area contributed by atoms with Crippen LogP contribution in [0.4, 0.5) is 0 Å². The Morgan fingerprint density at radius 2 is 2.21 bits per heavy atom. The Kier molecular flexibility index (Phi) is 4.24. The van der Waals surface area contributed by atoms with E-state index in [4.69, 9.17) is 5.26 Å². The lowest BCUT2D eigenvalue weighted by molar-refractivity contribution is -0.121. The van der Waals surface area contributed by atoms with E-state index in [1.807, 2.05) is 24.3 Å². The molecule has 0 spiro atoms. The predicted molar refractivity (Wildman–Crippen MR) is 67.9 cm³/mol. The van der Waals surface area contributed by atoms with E-state index in [0.717, 1.165) is 0 Å². The quantitative estimate of drug-likeness (QED) is 0.825. The van der Waals surface area contributed by atoms with Gasteiger partial charge in [0, 0.05) is 13.0 Å². The molecule has 96 valence electrons. The zero-order valence-corrected chi connectivity index (χ0v) is 10.2. The second-order valence-corrected chi connectivity index (χ2v) is 3.95. The minimum atomic E-state index is -0.782. The van der Waals surface area contributed by atoms with Crippen LogP contribution >= 0.6 is 0 Å². The van der Waals surface area contributed by atoms with Crippen molar-refractivity contribution in [2.24, 2.45) is 0 Å². The summed E-state index contributed by atoms with van der Waals surface area (Å²) in [6, 6.07) is 11.0. The molecule has 1 aromatic heterocycles. The number of nitriles is 1. The van der Waals surface area contributed by atoms with E-state index < -0.39 is 5.92 Å². The second kappa shape index (κ2) is 6.31. The highest BCUT2D eigenvalue weighted by Crippen LogP contribution is 2.14. The van der Waals surface area contributed by atoms with Crippen molar-refractivity contribution in [2.45, 2.75) is 12.3 Å². The van der Waals surface area contributed by atoms with Gasteiger partial charge in [0.25, 0.3) is 0 Å². The highest BCUT2D eigenvalue weighted by Gasteiger charge is 2.19. The molecular formula is C13H13N5O. The van der Waals surface area contributed by atoms with E-state index in [-0.39, 0.29) is 5.91 Å². The molecule has 2 N–H and O–H groups in total. The Bertz CT molecular complexity index is 558. The molecule has 0 saturated carbocycles. The summed E-state index contributed by atoms with van der Waals surface area (Å²) in [5, 5.41) is 18.2. The van der Waals surface area contributed by atoms with Crippen molar-refractivity contribution in [1.82, 2.24) is 20.5 Å². The molecule has 1 unspecified atom stereocenters. The van der Waals surface area contributed by atoms with Crippen LogP contribution in [0, 0.1) is 11.3 Å². The number of nitrogens with zero attached hydrogens (tertiary/aromatic N) is 3. The van der Waals surface area contributed by atoms with E-state index in [1.54, 1.807) is 12.1 Å². The minimum Gasteiger partial charge on any atom is -0.354 e. The monoisotopic (exact) mass is 255 g/mol. The first-order chi connectivity index (χ1) is 9.31. The third kappa shape index (κ3) is 3.39. The number of amides is 1. The highest BCUT2D eigenvalue weighted by atomic mass is 16.1. The molecule has 1 amide bonds. The van der Waals surface area contributed by atoms with Crippen molar-refractivity contribution in [2.75, 3.05) is 6.54 Å². The van der Waals surface area contributed by atoms with Gasteiger partial charge in [-0.25, -0.2) is 4.98 Å². The number of carbonyl (C=O) groups excluding carboxylic acids is 1. The number of aromatic amines is 1. The van der Waals surface area contributed by atoms with Crippen molar-refractivity contribution in [1.29, 1.82) is 5.26 Å². The maximum absolute atomic E-state index is 11.9.